The molecule has 4 heteroatoms. The molecular formula is C16H21BrClNO. The summed E-state index contributed by atoms with van der Waals surface area (Å²) in [5, 5.41) is 3.41. The van der Waals surface area contributed by atoms with Crippen LogP contribution in [-0.2, 0) is 6.54 Å². The molecular weight excluding hydrogens is 338 g/mol. The normalized spacial score (nSPS) is 10.3. The lowest BCUT2D eigenvalue weighted by atomic mass is 10.2. The molecule has 1 N–H and O–H groups in total. The molecule has 110 valence electrons. The van der Waals surface area contributed by atoms with Crippen molar-refractivity contribution in [2.75, 3.05) is 6.54 Å². The summed E-state index contributed by atoms with van der Waals surface area (Å²) < 4.78 is 6.92. The van der Waals surface area contributed by atoms with Gasteiger partial charge in [0.05, 0.1) is 6.54 Å². The molecule has 0 saturated heterocycles. The first-order valence-electron chi connectivity index (χ1n) is 6.85. The second-order valence-electron chi connectivity index (χ2n) is 4.66. The molecule has 0 saturated carbocycles. The van der Waals surface area contributed by atoms with Crippen LogP contribution in [0.4, 0.5) is 0 Å². The Balaban J connectivity index is 0.00000200. The summed E-state index contributed by atoms with van der Waals surface area (Å²) in [4.78, 5) is 0. The molecule has 0 bridgehead atoms. The maximum atomic E-state index is 5.84. The first-order chi connectivity index (χ1) is 9.29. The van der Waals surface area contributed by atoms with Gasteiger partial charge in [0.1, 0.15) is 11.5 Å². The van der Waals surface area contributed by atoms with E-state index < -0.39 is 0 Å². The summed E-state index contributed by atoms with van der Waals surface area (Å²) in [5.41, 5.74) is 1.11. The lowest BCUT2D eigenvalue weighted by Gasteiger charge is -2.01. The third-order valence-corrected chi connectivity index (χ3v) is 3.58. The molecule has 2 nitrogen and oxygen atoms in total. The molecule has 0 amide bonds. The van der Waals surface area contributed by atoms with Gasteiger partial charge in [0.2, 0.25) is 0 Å². The van der Waals surface area contributed by atoms with Crippen molar-refractivity contribution in [3.63, 3.8) is 0 Å². The van der Waals surface area contributed by atoms with Crippen molar-refractivity contribution in [1.29, 1.82) is 0 Å². The molecule has 0 aliphatic heterocycles. The van der Waals surface area contributed by atoms with Crippen molar-refractivity contribution in [2.45, 2.75) is 32.7 Å². The Bertz CT molecular complexity index is 495. The Morgan fingerprint density at radius 2 is 1.80 bits per heavy atom. The largest absolute Gasteiger partial charge is 0.460 e. The number of furan rings is 1. The smallest absolute Gasteiger partial charge is 0.134 e. The van der Waals surface area contributed by atoms with Gasteiger partial charge < -0.3 is 9.73 Å². The van der Waals surface area contributed by atoms with E-state index in [1.807, 2.05) is 24.3 Å². The zero-order valence-electron chi connectivity index (χ0n) is 11.7. The SMILES string of the molecule is CCCCCNCc1ccc(-c2ccc(Br)cc2)o1.Cl. The van der Waals surface area contributed by atoms with E-state index in [1.165, 1.54) is 19.3 Å². The molecule has 2 rings (SSSR count). The van der Waals surface area contributed by atoms with Crippen molar-refractivity contribution < 1.29 is 4.42 Å². The Labute approximate surface area is 135 Å². The van der Waals surface area contributed by atoms with Gasteiger partial charge in [-0.15, -0.1) is 12.4 Å². The topological polar surface area (TPSA) is 25.2 Å². The van der Waals surface area contributed by atoms with Crippen LogP contribution >= 0.6 is 28.3 Å². The van der Waals surface area contributed by atoms with E-state index in [1.54, 1.807) is 0 Å². The fourth-order valence-corrected chi connectivity index (χ4v) is 2.22. The van der Waals surface area contributed by atoms with Gasteiger partial charge in [0.15, 0.2) is 0 Å². The number of halogens is 2. The molecule has 2 aromatic rings. The summed E-state index contributed by atoms with van der Waals surface area (Å²) in [7, 11) is 0. The van der Waals surface area contributed by atoms with Crippen molar-refractivity contribution in [3.05, 3.63) is 46.6 Å². The highest BCUT2D eigenvalue weighted by Gasteiger charge is 2.04. The summed E-state index contributed by atoms with van der Waals surface area (Å²) in [5.74, 6) is 1.92. The van der Waals surface area contributed by atoms with Gasteiger partial charge in [-0.05, 0) is 37.2 Å². The molecule has 0 unspecified atom stereocenters. The average molecular weight is 359 g/mol. The predicted octanol–water partition coefficient (Wildman–Crippen LogP) is 5.41. The van der Waals surface area contributed by atoms with Crippen LogP contribution in [-0.4, -0.2) is 6.54 Å². The number of benzene rings is 1. The van der Waals surface area contributed by atoms with Crippen LogP contribution in [0.1, 0.15) is 31.9 Å². The van der Waals surface area contributed by atoms with Gasteiger partial charge >= 0.3 is 0 Å². The van der Waals surface area contributed by atoms with Crippen LogP contribution < -0.4 is 5.32 Å². The van der Waals surface area contributed by atoms with Crippen LogP contribution in [0.2, 0.25) is 0 Å². The number of nitrogens with one attached hydrogen (secondary N) is 1. The Hall–Kier alpha value is -0.770. The number of hydrogen-bond donors (Lipinski definition) is 1. The third kappa shape index (κ3) is 5.31. The van der Waals surface area contributed by atoms with Crippen LogP contribution in [0.15, 0.2) is 45.3 Å². The fraction of sp³-hybridized carbons (Fsp3) is 0.375. The fourth-order valence-electron chi connectivity index (χ4n) is 1.95. The number of rotatable bonds is 7. The minimum Gasteiger partial charge on any atom is -0.460 e. The highest BCUT2D eigenvalue weighted by Crippen LogP contribution is 2.23. The summed E-state index contributed by atoms with van der Waals surface area (Å²) in [6.45, 7) is 4.08. The lowest BCUT2D eigenvalue weighted by molar-refractivity contribution is 0.488. The third-order valence-electron chi connectivity index (χ3n) is 3.05. The maximum absolute atomic E-state index is 5.84. The summed E-state index contributed by atoms with van der Waals surface area (Å²) >= 11 is 3.44. The van der Waals surface area contributed by atoms with E-state index in [2.05, 4.69) is 40.3 Å². The molecule has 0 atom stereocenters. The Morgan fingerprint density at radius 3 is 2.50 bits per heavy atom. The van der Waals surface area contributed by atoms with E-state index >= 15 is 0 Å². The number of unbranched alkanes of at least 4 members (excludes halogenated alkanes) is 2. The second kappa shape index (κ2) is 9.22. The quantitative estimate of drug-likeness (QED) is 0.669. The Morgan fingerprint density at radius 1 is 1.05 bits per heavy atom. The first kappa shape index (κ1) is 17.3. The molecule has 0 radical (unpaired) electrons. The molecule has 0 aliphatic carbocycles. The van der Waals surface area contributed by atoms with E-state index in [-0.39, 0.29) is 12.4 Å². The van der Waals surface area contributed by atoms with Gasteiger partial charge in [0.25, 0.3) is 0 Å². The van der Waals surface area contributed by atoms with Crippen LogP contribution in [0.3, 0.4) is 0 Å². The first-order valence-corrected chi connectivity index (χ1v) is 7.64. The molecule has 1 heterocycles. The van der Waals surface area contributed by atoms with E-state index in [9.17, 15) is 0 Å². The Kier molecular flexibility index (Phi) is 7.97. The van der Waals surface area contributed by atoms with E-state index in [0.29, 0.717) is 0 Å². The minimum absolute atomic E-state index is 0. The van der Waals surface area contributed by atoms with Gasteiger partial charge in [-0.2, -0.15) is 0 Å². The summed E-state index contributed by atoms with van der Waals surface area (Å²) in [6.07, 6.45) is 3.78. The van der Waals surface area contributed by atoms with Crippen LogP contribution in [0.25, 0.3) is 11.3 Å². The second-order valence-corrected chi connectivity index (χ2v) is 5.57. The molecule has 0 aliphatic rings. The van der Waals surface area contributed by atoms with E-state index in [4.69, 9.17) is 4.42 Å². The average Bonchev–Trinajstić information content (AvgIpc) is 2.88. The molecule has 1 aromatic heterocycles. The molecule has 20 heavy (non-hydrogen) atoms. The predicted molar refractivity (Wildman–Crippen MR) is 90.3 cm³/mol. The monoisotopic (exact) mass is 357 g/mol. The van der Waals surface area contributed by atoms with Crippen molar-refractivity contribution >= 4 is 28.3 Å². The van der Waals surface area contributed by atoms with Gasteiger partial charge in [-0.25, -0.2) is 0 Å². The van der Waals surface area contributed by atoms with Gasteiger partial charge in [-0.1, -0.05) is 47.8 Å². The zero-order valence-corrected chi connectivity index (χ0v) is 14.1. The molecule has 0 spiro atoms. The standard InChI is InChI=1S/C16H20BrNO.ClH/c1-2-3-4-11-18-12-15-9-10-16(19-15)13-5-7-14(17)8-6-13;/h5-10,18H,2-4,11-12H2,1H3;1H. The zero-order chi connectivity index (χ0) is 13.5. The highest BCUT2D eigenvalue weighted by atomic mass is 79.9. The number of hydrogen-bond acceptors (Lipinski definition) is 2. The highest BCUT2D eigenvalue weighted by molar-refractivity contribution is 9.10. The van der Waals surface area contributed by atoms with Crippen LogP contribution in [0.5, 0.6) is 0 Å². The van der Waals surface area contributed by atoms with Crippen molar-refractivity contribution in [1.82, 2.24) is 5.32 Å². The maximum Gasteiger partial charge on any atom is 0.134 e. The van der Waals surface area contributed by atoms with Gasteiger partial charge in [-0.3, -0.25) is 0 Å². The van der Waals surface area contributed by atoms with Crippen molar-refractivity contribution in [3.8, 4) is 11.3 Å². The van der Waals surface area contributed by atoms with E-state index in [0.717, 1.165) is 34.6 Å². The van der Waals surface area contributed by atoms with Gasteiger partial charge in [0, 0.05) is 10.0 Å². The minimum atomic E-state index is 0. The molecule has 1 aromatic carbocycles. The lowest BCUT2D eigenvalue weighted by Crippen LogP contribution is -2.13. The van der Waals surface area contributed by atoms with Crippen molar-refractivity contribution in [2.24, 2.45) is 0 Å². The summed E-state index contributed by atoms with van der Waals surface area (Å²) in [6, 6.07) is 12.3. The van der Waals surface area contributed by atoms with Crippen LogP contribution in [0, 0.1) is 0 Å². The molecule has 0 fully saturated rings.